The second-order valence-corrected chi connectivity index (χ2v) is 4.38. The topological polar surface area (TPSA) is 29.9 Å². The van der Waals surface area contributed by atoms with Crippen LogP contribution in [0, 0.1) is 0 Å². The molecule has 82 valence electrons. The Labute approximate surface area is 95.1 Å². The van der Waals surface area contributed by atoms with Crippen LogP contribution in [0.1, 0.15) is 17.0 Å². The van der Waals surface area contributed by atoms with Gasteiger partial charge in [0, 0.05) is 25.7 Å². The van der Waals surface area contributed by atoms with E-state index in [1.165, 1.54) is 17.5 Å². The monoisotopic (exact) mass is 213 g/mol. The van der Waals surface area contributed by atoms with E-state index >= 15 is 0 Å². The Morgan fingerprint density at radius 2 is 2.31 bits per heavy atom. The van der Waals surface area contributed by atoms with Gasteiger partial charge in [-0.2, -0.15) is 5.10 Å². The minimum atomic E-state index is 0.663. The second-order valence-electron chi connectivity index (χ2n) is 4.38. The first-order chi connectivity index (χ1) is 7.83. The molecule has 1 aromatic heterocycles. The van der Waals surface area contributed by atoms with E-state index in [-0.39, 0.29) is 0 Å². The maximum atomic E-state index is 4.14. The number of aryl methyl sites for hydroxylation is 1. The van der Waals surface area contributed by atoms with E-state index in [0.29, 0.717) is 5.92 Å². The van der Waals surface area contributed by atoms with E-state index in [1.54, 1.807) is 0 Å². The summed E-state index contributed by atoms with van der Waals surface area (Å²) in [5, 5.41) is 7.56. The van der Waals surface area contributed by atoms with Gasteiger partial charge >= 0.3 is 0 Å². The Morgan fingerprint density at radius 1 is 1.44 bits per heavy atom. The van der Waals surface area contributed by atoms with Gasteiger partial charge in [-0.25, -0.2) is 0 Å². The van der Waals surface area contributed by atoms with Crippen LogP contribution in [0.5, 0.6) is 0 Å². The van der Waals surface area contributed by atoms with Crippen molar-refractivity contribution in [1.29, 1.82) is 0 Å². The third-order valence-corrected chi connectivity index (χ3v) is 3.22. The van der Waals surface area contributed by atoms with Gasteiger partial charge in [-0.15, -0.1) is 0 Å². The van der Waals surface area contributed by atoms with E-state index in [2.05, 4.69) is 34.7 Å². The highest BCUT2D eigenvalue weighted by Crippen LogP contribution is 2.34. The highest BCUT2D eigenvalue weighted by atomic mass is 15.3. The Morgan fingerprint density at radius 3 is 3.06 bits per heavy atom. The zero-order valence-electron chi connectivity index (χ0n) is 9.35. The van der Waals surface area contributed by atoms with Gasteiger partial charge in [0.05, 0.1) is 11.9 Å². The lowest BCUT2D eigenvalue weighted by molar-refractivity contribution is 0.636. The molecule has 0 bridgehead atoms. The fraction of sp³-hybridized carbons (Fsp3) is 0.308. The predicted octanol–water partition coefficient (Wildman–Crippen LogP) is 2.17. The highest BCUT2D eigenvalue weighted by molar-refractivity contribution is 5.44. The van der Waals surface area contributed by atoms with Crippen LogP contribution < -0.4 is 5.32 Å². The quantitative estimate of drug-likeness (QED) is 0.846. The SMILES string of the molecule is Cn1cc(NCC2Cc3ccccc32)cn1. The lowest BCUT2D eigenvalue weighted by Crippen LogP contribution is -2.24. The van der Waals surface area contributed by atoms with Crippen LogP contribution in [0.4, 0.5) is 5.69 Å². The fourth-order valence-electron chi connectivity index (χ4n) is 2.30. The van der Waals surface area contributed by atoms with Gasteiger partial charge in [-0.1, -0.05) is 24.3 Å². The van der Waals surface area contributed by atoms with Gasteiger partial charge in [-0.3, -0.25) is 4.68 Å². The number of anilines is 1. The maximum Gasteiger partial charge on any atom is 0.0726 e. The van der Waals surface area contributed by atoms with Crippen molar-refractivity contribution in [1.82, 2.24) is 9.78 Å². The first-order valence-corrected chi connectivity index (χ1v) is 5.63. The summed E-state index contributed by atoms with van der Waals surface area (Å²) in [6.07, 6.45) is 5.07. The van der Waals surface area contributed by atoms with Crippen LogP contribution in [0.2, 0.25) is 0 Å². The molecule has 3 heteroatoms. The molecule has 0 fully saturated rings. The van der Waals surface area contributed by atoms with Crippen molar-refractivity contribution in [3.63, 3.8) is 0 Å². The van der Waals surface area contributed by atoms with Crippen molar-refractivity contribution in [2.75, 3.05) is 11.9 Å². The molecule has 1 heterocycles. The van der Waals surface area contributed by atoms with Crippen molar-refractivity contribution < 1.29 is 0 Å². The zero-order chi connectivity index (χ0) is 11.0. The van der Waals surface area contributed by atoms with Crippen LogP contribution in [0.15, 0.2) is 36.7 Å². The number of hydrogen-bond donors (Lipinski definition) is 1. The molecule has 0 saturated carbocycles. The van der Waals surface area contributed by atoms with Gasteiger partial charge in [0.2, 0.25) is 0 Å². The van der Waals surface area contributed by atoms with Gasteiger partial charge in [0.15, 0.2) is 0 Å². The molecule has 1 atom stereocenters. The van der Waals surface area contributed by atoms with Crippen LogP contribution in [0.3, 0.4) is 0 Å². The Kier molecular flexibility index (Phi) is 2.17. The molecule has 0 aliphatic heterocycles. The Hall–Kier alpha value is -1.77. The standard InChI is InChI=1S/C13H15N3/c1-16-9-12(8-15-16)14-7-11-6-10-4-2-3-5-13(10)11/h2-5,8-9,11,14H,6-7H2,1H3. The molecule has 0 radical (unpaired) electrons. The van der Waals surface area contributed by atoms with Gasteiger partial charge in [0.1, 0.15) is 0 Å². The van der Waals surface area contributed by atoms with Crippen molar-refractivity contribution in [3.8, 4) is 0 Å². The number of benzene rings is 1. The minimum absolute atomic E-state index is 0.663. The van der Waals surface area contributed by atoms with E-state index in [0.717, 1.165) is 12.2 Å². The largest absolute Gasteiger partial charge is 0.382 e. The summed E-state index contributed by atoms with van der Waals surface area (Å²) in [4.78, 5) is 0. The van der Waals surface area contributed by atoms with E-state index in [1.807, 2.05) is 24.1 Å². The molecular formula is C13H15N3. The summed E-state index contributed by atoms with van der Waals surface area (Å²) < 4.78 is 1.82. The molecule has 1 unspecified atom stereocenters. The molecule has 0 saturated heterocycles. The van der Waals surface area contributed by atoms with Crippen LogP contribution in [-0.4, -0.2) is 16.3 Å². The van der Waals surface area contributed by atoms with E-state index < -0.39 is 0 Å². The van der Waals surface area contributed by atoms with Gasteiger partial charge < -0.3 is 5.32 Å². The molecule has 16 heavy (non-hydrogen) atoms. The summed E-state index contributed by atoms with van der Waals surface area (Å²) in [5.41, 5.74) is 4.10. The van der Waals surface area contributed by atoms with E-state index in [4.69, 9.17) is 0 Å². The number of aromatic nitrogens is 2. The molecule has 3 rings (SSSR count). The van der Waals surface area contributed by atoms with Gasteiger partial charge in [0.25, 0.3) is 0 Å². The average Bonchev–Trinajstić information content (AvgIpc) is 2.66. The number of nitrogens with zero attached hydrogens (tertiary/aromatic N) is 2. The fourth-order valence-corrected chi connectivity index (χ4v) is 2.30. The molecule has 1 N–H and O–H groups in total. The average molecular weight is 213 g/mol. The molecular weight excluding hydrogens is 198 g/mol. The smallest absolute Gasteiger partial charge is 0.0726 e. The van der Waals surface area contributed by atoms with Crippen molar-refractivity contribution in [2.24, 2.45) is 7.05 Å². The number of nitrogens with one attached hydrogen (secondary N) is 1. The van der Waals surface area contributed by atoms with Crippen LogP contribution in [0.25, 0.3) is 0 Å². The lowest BCUT2D eigenvalue weighted by Gasteiger charge is -2.30. The third-order valence-electron chi connectivity index (χ3n) is 3.22. The Balaban J connectivity index is 1.63. The van der Waals surface area contributed by atoms with Crippen LogP contribution >= 0.6 is 0 Å². The summed E-state index contributed by atoms with van der Waals surface area (Å²) in [6, 6.07) is 8.68. The summed E-state index contributed by atoms with van der Waals surface area (Å²) >= 11 is 0. The lowest BCUT2D eigenvalue weighted by atomic mass is 9.77. The van der Waals surface area contributed by atoms with Crippen LogP contribution in [-0.2, 0) is 13.5 Å². The summed E-state index contributed by atoms with van der Waals surface area (Å²) in [5.74, 6) is 0.663. The van der Waals surface area contributed by atoms with Gasteiger partial charge in [-0.05, 0) is 17.5 Å². The highest BCUT2D eigenvalue weighted by Gasteiger charge is 2.24. The molecule has 1 aliphatic rings. The number of rotatable bonds is 3. The van der Waals surface area contributed by atoms with Crippen molar-refractivity contribution in [2.45, 2.75) is 12.3 Å². The summed E-state index contributed by atoms with van der Waals surface area (Å²) in [6.45, 7) is 1.00. The first kappa shape index (κ1) is 9.46. The number of hydrogen-bond acceptors (Lipinski definition) is 2. The molecule has 0 amide bonds. The molecule has 0 spiro atoms. The zero-order valence-corrected chi connectivity index (χ0v) is 9.35. The minimum Gasteiger partial charge on any atom is -0.382 e. The van der Waals surface area contributed by atoms with Crippen molar-refractivity contribution in [3.05, 3.63) is 47.8 Å². The predicted molar refractivity (Wildman–Crippen MR) is 64.6 cm³/mol. The third kappa shape index (κ3) is 1.58. The number of fused-ring (bicyclic) bond motifs is 1. The van der Waals surface area contributed by atoms with E-state index in [9.17, 15) is 0 Å². The maximum absolute atomic E-state index is 4.14. The normalized spacial score (nSPS) is 17.7. The van der Waals surface area contributed by atoms with Crippen molar-refractivity contribution >= 4 is 5.69 Å². The molecule has 2 aromatic rings. The summed E-state index contributed by atoms with van der Waals surface area (Å²) in [7, 11) is 1.93. The Bertz CT molecular complexity index is 501. The molecule has 1 aromatic carbocycles. The molecule has 1 aliphatic carbocycles. The molecule has 3 nitrogen and oxygen atoms in total. The first-order valence-electron chi connectivity index (χ1n) is 5.63. The second kappa shape index (κ2) is 3.67.